The number of carbonyl (C=O) groups is 1. The van der Waals surface area contributed by atoms with Crippen molar-refractivity contribution in [3.63, 3.8) is 0 Å². The van der Waals surface area contributed by atoms with Gasteiger partial charge in [0.1, 0.15) is 11.5 Å². The molecule has 1 aliphatic rings. The van der Waals surface area contributed by atoms with E-state index in [1.807, 2.05) is 13.0 Å². The second-order valence-electron chi connectivity index (χ2n) is 6.94. The minimum absolute atomic E-state index is 0.280. The van der Waals surface area contributed by atoms with Gasteiger partial charge in [0.2, 0.25) is 0 Å². The molecular weight excluding hydrogens is 403 g/mol. The molecule has 1 aromatic heterocycles. The van der Waals surface area contributed by atoms with Crippen LogP contribution in [0, 0.1) is 12.8 Å². The van der Waals surface area contributed by atoms with Crippen molar-refractivity contribution in [2.75, 3.05) is 19.7 Å². The summed E-state index contributed by atoms with van der Waals surface area (Å²) < 4.78 is 37.8. The fraction of sp³-hybridized carbons (Fsp3) is 0.300. The van der Waals surface area contributed by atoms with Crippen LogP contribution in [0.5, 0.6) is 11.5 Å². The van der Waals surface area contributed by atoms with Crippen molar-refractivity contribution in [3.05, 3.63) is 42.1 Å². The summed E-state index contributed by atoms with van der Waals surface area (Å²) in [4.78, 5) is 8.90. The minimum atomic E-state index is -5.08. The smallest absolute Gasteiger partial charge is 0.490 e. The zero-order chi connectivity index (χ0) is 21.9. The Morgan fingerprint density at radius 1 is 1.27 bits per heavy atom. The summed E-state index contributed by atoms with van der Waals surface area (Å²) in [5, 5.41) is 28.2. The van der Waals surface area contributed by atoms with Gasteiger partial charge in [0.15, 0.2) is 0 Å². The molecule has 0 saturated carbocycles. The Kier molecular flexibility index (Phi) is 6.16. The monoisotopic (exact) mass is 423 g/mol. The van der Waals surface area contributed by atoms with Gasteiger partial charge < -0.3 is 20.3 Å². The third kappa shape index (κ3) is 5.01. The zero-order valence-corrected chi connectivity index (χ0v) is 16.0. The van der Waals surface area contributed by atoms with Gasteiger partial charge in [0.25, 0.3) is 0 Å². The van der Waals surface area contributed by atoms with Gasteiger partial charge in [0, 0.05) is 19.0 Å². The molecule has 1 fully saturated rings. The number of phenolic OH excluding ortho intramolecular Hbond substituents is 1. The highest BCUT2D eigenvalue weighted by Gasteiger charge is 2.38. The molecule has 2 aromatic carbocycles. The van der Waals surface area contributed by atoms with Crippen LogP contribution in [0.3, 0.4) is 0 Å². The number of aromatic nitrogens is 2. The Morgan fingerprint density at radius 3 is 2.53 bits per heavy atom. The molecule has 0 amide bonds. The first-order valence-corrected chi connectivity index (χ1v) is 9.06. The molecule has 4 N–H and O–H groups in total. The molecule has 1 saturated heterocycles. The van der Waals surface area contributed by atoms with E-state index in [0.29, 0.717) is 12.5 Å². The predicted molar refractivity (Wildman–Crippen MR) is 103 cm³/mol. The molecule has 10 heteroatoms. The predicted octanol–water partition coefficient (Wildman–Crippen LogP) is 3.48. The van der Waals surface area contributed by atoms with Crippen LogP contribution in [0.2, 0.25) is 0 Å². The molecule has 0 bridgehead atoms. The van der Waals surface area contributed by atoms with Crippen molar-refractivity contribution in [1.82, 2.24) is 15.5 Å². The maximum absolute atomic E-state index is 10.6. The Labute approximate surface area is 169 Å². The highest BCUT2D eigenvalue weighted by Crippen LogP contribution is 2.34. The number of aryl methyl sites for hydroxylation is 1. The second kappa shape index (κ2) is 8.62. The van der Waals surface area contributed by atoms with Gasteiger partial charge in [-0.25, -0.2) is 4.79 Å². The second-order valence-corrected chi connectivity index (χ2v) is 6.94. The fourth-order valence-electron chi connectivity index (χ4n) is 2.94. The van der Waals surface area contributed by atoms with Crippen molar-refractivity contribution in [3.8, 4) is 22.6 Å². The molecule has 1 aliphatic heterocycles. The quantitative estimate of drug-likeness (QED) is 0.512. The molecule has 0 spiro atoms. The number of carboxylic acids is 1. The van der Waals surface area contributed by atoms with Crippen LogP contribution in [-0.4, -0.2) is 52.3 Å². The number of ether oxygens (including phenoxy) is 1. The molecule has 0 atom stereocenters. The summed E-state index contributed by atoms with van der Waals surface area (Å²) in [6.07, 6.45) is -3.28. The van der Waals surface area contributed by atoms with E-state index in [-0.39, 0.29) is 5.75 Å². The van der Waals surface area contributed by atoms with Crippen LogP contribution in [0.15, 0.2) is 36.5 Å². The van der Waals surface area contributed by atoms with E-state index >= 15 is 0 Å². The van der Waals surface area contributed by atoms with Crippen LogP contribution in [0.25, 0.3) is 22.0 Å². The highest BCUT2D eigenvalue weighted by molar-refractivity contribution is 5.90. The SMILES string of the molecule is Cc1cc(O)ccc1-c1cc(OCC2CNC2)c2cn[nH]c2c1.O=C(O)C(F)(F)F. The summed E-state index contributed by atoms with van der Waals surface area (Å²) in [5.74, 6) is -1.04. The number of H-pyrrole nitrogens is 1. The lowest BCUT2D eigenvalue weighted by Gasteiger charge is -2.27. The highest BCUT2D eigenvalue weighted by atomic mass is 19.4. The Hall–Kier alpha value is -3.27. The lowest BCUT2D eigenvalue weighted by Crippen LogP contribution is -2.45. The number of rotatable bonds is 4. The topological polar surface area (TPSA) is 107 Å². The van der Waals surface area contributed by atoms with Crippen LogP contribution >= 0.6 is 0 Å². The first-order valence-electron chi connectivity index (χ1n) is 9.06. The Balaban J connectivity index is 0.000000318. The molecule has 2 heterocycles. The Morgan fingerprint density at radius 2 is 1.97 bits per heavy atom. The molecule has 4 rings (SSSR count). The number of halogens is 3. The number of carboxylic acid groups (broad SMARTS) is 1. The normalized spacial score (nSPS) is 14.0. The summed E-state index contributed by atoms with van der Waals surface area (Å²) in [5.41, 5.74) is 4.12. The third-order valence-corrected chi connectivity index (χ3v) is 4.62. The number of nitrogens with zero attached hydrogens (tertiary/aromatic N) is 1. The van der Waals surface area contributed by atoms with Crippen molar-refractivity contribution >= 4 is 16.9 Å². The standard InChI is InChI=1S/C18H19N3O2.C2HF3O2/c1-11-4-14(22)2-3-15(11)13-5-17-16(9-20-21-17)18(6-13)23-10-12-7-19-8-12;3-2(4,5)1(6)7/h2-6,9,12,19,22H,7-8,10H2,1H3,(H,20,21);(H,6,7). The van der Waals surface area contributed by atoms with Gasteiger partial charge in [0.05, 0.1) is 23.7 Å². The molecule has 0 aliphatic carbocycles. The number of hydrogen-bond donors (Lipinski definition) is 4. The van der Waals surface area contributed by atoms with Gasteiger partial charge in [-0.15, -0.1) is 0 Å². The van der Waals surface area contributed by atoms with Gasteiger partial charge in [-0.05, 0) is 47.9 Å². The van der Waals surface area contributed by atoms with E-state index in [1.54, 1.807) is 18.3 Å². The van der Waals surface area contributed by atoms with Crippen molar-refractivity contribution in [2.24, 2.45) is 5.92 Å². The number of benzene rings is 2. The lowest BCUT2D eigenvalue weighted by molar-refractivity contribution is -0.192. The molecule has 30 heavy (non-hydrogen) atoms. The largest absolute Gasteiger partial charge is 0.508 e. The number of alkyl halides is 3. The molecular formula is C20H20F3N3O4. The number of aromatic amines is 1. The maximum Gasteiger partial charge on any atom is 0.490 e. The summed E-state index contributed by atoms with van der Waals surface area (Å²) >= 11 is 0. The van der Waals surface area contributed by atoms with Crippen LogP contribution < -0.4 is 10.1 Å². The van der Waals surface area contributed by atoms with E-state index in [0.717, 1.165) is 46.4 Å². The third-order valence-electron chi connectivity index (χ3n) is 4.62. The Bertz CT molecular complexity index is 1050. The average Bonchev–Trinajstić information content (AvgIpc) is 3.08. The van der Waals surface area contributed by atoms with Crippen molar-refractivity contribution in [2.45, 2.75) is 13.1 Å². The number of phenols is 1. The zero-order valence-electron chi connectivity index (χ0n) is 16.0. The number of hydrogen-bond acceptors (Lipinski definition) is 5. The number of aromatic hydroxyl groups is 1. The minimum Gasteiger partial charge on any atom is -0.508 e. The molecule has 3 aromatic rings. The first kappa shape index (κ1) is 21.4. The van der Waals surface area contributed by atoms with Crippen molar-refractivity contribution in [1.29, 1.82) is 0 Å². The summed E-state index contributed by atoms with van der Waals surface area (Å²) in [6.45, 7) is 4.74. The fourth-order valence-corrected chi connectivity index (χ4v) is 2.94. The number of fused-ring (bicyclic) bond motifs is 1. The van der Waals surface area contributed by atoms with Crippen LogP contribution in [0.4, 0.5) is 13.2 Å². The maximum atomic E-state index is 10.6. The van der Waals surface area contributed by atoms with E-state index in [9.17, 15) is 18.3 Å². The van der Waals surface area contributed by atoms with Gasteiger partial charge in [-0.2, -0.15) is 18.3 Å². The van der Waals surface area contributed by atoms with E-state index in [4.69, 9.17) is 14.6 Å². The average molecular weight is 423 g/mol. The van der Waals surface area contributed by atoms with E-state index in [1.165, 1.54) is 0 Å². The molecule has 0 unspecified atom stereocenters. The lowest BCUT2D eigenvalue weighted by atomic mass is 9.99. The molecule has 160 valence electrons. The van der Waals surface area contributed by atoms with Gasteiger partial charge in [-0.3, -0.25) is 5.10 Å². The summed E-state index contributed by atoms with van der Waals surface area (Å²) in [6, 6.07) is 9.54. The molecule has 0 radical (unpaired) electrons. The van der Waals surface area contributed by atoms with Crippen LogP contribution in [0.1, 0.15) is 5.56 Å². The molecule has 7 nitrogen and oxygen atoms in total. The van der Waals surface area contributed by atoms with Crippen LogP contribution in [-0.2, 0) is 4.79 Å². The van der Waals surface area contributed by atoms with E-state index in [2.05, 4.69) is 27.6 Å². The van der Waals surface area contributed by atoms with Gasteiger partial charge >= 0.3 is 12.1 Å². The van der Waals surface area contributed by atoms with Gasteiger partial charge in [-0.1, -0.05) is 6.07 Å². The van der Waals surface area contributed by atoms with Crippen molar-refractivity contribution < 1.29 is 32.9 Å². The summed E-state index contributed by atoms with van der Waals surface area (Å²) in [7, 11) is 0. The number of aliphatic carboxylic acids is 1. The van der Waals surface area contributed by atoms with E-state index < -0.39 is 12.1 Å². The first-order chi connectivity index (χ1) is 14.1. The number of nitrogens with one attached hydrogen (secondary N) is 2.